The number of phenols is 1. The Morgan fingerprint density at radius 1 is 1.12 bits per heavy atom. The fourth-order valence-corrected chi connectivity index (χ4v) is 2.91. The number of hydrogen-bond acceptors (Lipinski definition) is 7. The largest absolute Gasteiger partial charge is 0.508 e. The number of rotatable bonds is 9. The summed E-state index contributed by atoms with van der Waals surface area (Å²) in [7, 11) is 0. The number of β-amino-alcohol motifs (C(OH)–C–C–N with tert-alkyl or cyclic N) is 1. The van der Waals surface area contributed by atoms with Gasteiger partial charge in [-0.05, 0) is 36.7 Å². The van der Waals surface area contributed by atoms with Gasteiger partial charge in [0.2, 0.25) is 0 Å². The van der Waals surface area contributed by atoms with Crippen LogP contribution in [0, 0.1) is 0 Å². The molecular weight excluding hydrogens is 324 g/mol. The number of nitrogens with zero attached hydrogens (tertiary/aromatic N) is 2. The molecule has 0 bridgehead atoms. The van der Waals surface area contributed by atoms with Gasteiger partial charge in [0, 0.05) is 44.7 Å². The second kappa shape index (κ2) is 10.1. The van der Waals surface area contributed by atoms with Crippen LogP contribution in [-0.2, 0) is 16.1 Å². The molecular formula is C18H26N2O5. The van der Waals surface area contributed by atoms with Gasteiger partial charge in [-0.1, -0.05) is 0 Å². The van der Waals surface area contributed by atoms with E-state index in [9.17, 15) is 14.7 Å². The van der Waals surface area contributed by atoms with E-state index in [4.69, 9.17) is 9.84 Å². The van der Waals surface area contributed by atoms with E-state index >= 15 is 0 Å². The molecule has 1 heterocycles. The van der Waals surface area contributed by atoms with E-state index in [1.165, 1.54) is 12.1 Å². The van der Waals surface area contributed by atoms with Crippen molar-refractivity contribution in [2.75, 3.05) is 45.9 Å². The number of carbonyl (C=O) groups excluding carboxylic acids is 2. The summed E-state index contributed by atoms with van der Waals surface area (Å²) in [5.74, 6) is -0.300. The van der Waals surface area contributed by atoms with Gasteiger partial charge in [-0.15, -0.1) is 0 Å². The number of hydrogen-bond donors (Lipinski definition) is 2. The second-order valence-electron chi connectivity index (χ2n) is 6.22. The Bertz CT molecular complexity index is 571. The van der Waals surface area contributed by atoms with E-state index in [1.807, 2.05) is 0 Å². The van der Waals surface area contributed by atoms with E-state index in [2.05, 4.69) is 9.80 Å². The van der Waals surface area contributed by atoms with Crippen LogP contribution in [0.2, 0.25) is 0 Å². The molecule has 7 nitrogen and oxygen atoms in total. The van der Waals surface area contributed by atoms with Gasteiger partial charge in [0.15, 0.2) is 0 Å². The average Bonchev–Trinajstić information content (AvgIpc) is 2.61. The number of aliphatic hydroxyl groups is 1. The summed E-state index contributed by atoms with van der Waals surface area (Å²) in [6, 6.07) is 4.43. The highest BCUT2D eigenvalue weighted by Crippen LogP contribution is 2.15. The van der Waals surface area contributed by atoms with Crippen molar-refractivity contribution in [2.45, 2.75) is 19.4 Å². The van der Waals surface area contributed by atoms with E-state index < -0.39 is 0 Å². The number of benzene rings is 1. The molecule has 0 saturated carbocycles. The zero-order chi connectivity index (χ0) is 18.1. The Morgan fingerprint density at radius 2 is 1.80 bits per heavy atom. The lowest BCUT2D eigenvalue weighted by atomic mass is 10.1. The van der Waals surface area contributed by atoms with Gasteiger partial charge < -0.3 is 19.8 Å². The number of piperazine rings is 1. The molecule has 25 heavy (non-hydrogen) atoms. The summed E-state index contributed by atoms with van der Waals surface area (Å²) in [4.78, 5) is 27.1. The van der Waals surface area contributed by atoms with Crippen molar-refractivity contribution in [1.29, 1.82) is 0 Å². The minimum absolute atomic E-state index is 0.0176. The molecule has 0 radical (unpaired) electrons. The molecule has 1 aliphatic heterocycles. The molecule has 0 aromatic heterocycles. The van der Waals surface area contributed by atoms with E-state index in [0.29, 0.717) is 23.8 Å². The Labute approximate surface area is 147 Å². The zero-order valence-corrected chi connectivity index (χ0v) is 14.4. The summed E-state index contributed by atoms with van der Waals surface area (Å²) < 4.78 is 5.20. The van der Waals surface area contributed by atoms with Crippen LogP contribution in [0.3, 0.4) is 0 Å². The van der Waals surface area contributed by atoms with Crippen LogP contribution in [0.5, 0.6) is 5.75 Å². The van der Waals surface area contributed by atoms with Gasteiger partial charge >= 0.3 is 5.97 Å². The SMILES string of the molecule is O=Cc1cc(O)cc(COC(=O)CCCN2CCN(CCO)CC2)c1. The zero-order valence-electron chi connectivity index (χ0n) is 14.4. The summed E-state index contributed by atoms with van der Waals surface area (Å²) in [5.41, 5.74) is 0.946. The molecule has 2 rings (SSSR count). The van der Waals surface area contributed by atoms with Crippen molar-refractivity contribution >= 4 is 12.3 Å². The average molecular weight is 350 g/mol. The molecule has 1 aromatic carbocycles. The minimum atomic E-state index is -0.282. The van der Waals surface area contributed by atoms with Crippen LogP contribution >= 0.6 is 0 Å². The molecule has 1 saturated heterocycles. The maximum Gasteiger partial charge on any atom is 0.306 e. The highest BCUT2D eigenvalue weighted by molar-refractivity contribution is 5.76. The first-order valence-electron chi connectivity index (χ1n) is 8.60. The quantitative estimate of drug-likeness (QED) is 0.499. The first-order chi connectivity index (χ1) is 12.1. The molecule has 1 fully saturated rings. The first kappa shape index (κ1) is 19.4. The highest BCUT2D eigenvalue weighted by Gasteiger charge is 2.16. The number of ether oxygens (including phenoxy) is 1. The normalized spacial score (nSPS) is 15.9. The lowest BCUT2D eigenvalue weighted by molar-refractivity contribution is -0.145. The number of phenolic OH excluding ortho intramolecular Hbond substituents is 1. The fraction of sp³-hybridized carbons (Fsp3) is 0.556. The molecule has 0 spiro atoms. The van der Waals surface area contributed by atoms with Crippen LogP contribution in [0.1, 0.15) is 28.8 Å². The van der Waals surface area contributed by atoms with E-state index in [-0.39, 0.29) is 24.9 Å². The van der Waals surface area contributed by atoms with Gasteiger partial charge in [-0.25, -0.2) is 0 Å². The molecule has 0 amide bonds. The molecule has 7 heteroatoms. The van der Waals surface area contributed by atoms with E-state index in [0.717, 1.165) is 45.7 Å². The van der Waals surface area contributed by atoms with Crippen molar-refractivity contribution in [3.8, 4) is 5.75 Å². The van der Waals surface area contributed by atoms with Crippen LogP contribution in [0.15, 0.2) is 18.2 Å². The van der Waals surface area contributed by atoms with Crippen LogP contribution in [0.4, 0.5) is 0 Å². The predicted molar refractivity (Wildman–Crippen MR) is 92.5 cm³/mol. The number of aromatic hydroxyl groups is 1. The van der Waals surface area contributed by atoms with Gasteiger partial charge in [-0.3, -0.25) is 14.5 Å². The van der Waals surface area contributed by atoms with Gasteiger partial charge in [0.05, 0.1) is 6.61 Å². The van der Waals surface area contributed by atoms with Crippen LogP contribution < -0.4 is 0 Å². The molecule has 1 aliphatic rings. The number of aldehydes is 1. The second-order valence-corrected chi connectivity index (χ2v) is 6.22. The van der Waals surface area contributed by atoms with Crippen molar-refractivity contribution in [3.63, 3.8) is 0 Å². The third kappa shape index (κ3) is 6.81. The van der Waals surface area contributed by atoms with E-state index in [1.54, 1.807) is 6.07 Å². The van der Waals surface area contributed by atoms with Gasteiger partial charge in [0.25, 0.3) is 0 Å². The number of aliphatic hydroxyl groups excluding tert-OH is 1. The van der Waals surface area contributed by atoms with Crippen molar-refractivity contribution in [1.82, 2.24) is 9.80 Å². The minimum Gasteiger partial charge on any atom is -0.508 e. The summed E-state index contributed by atoms with van der Waals surface area (Å²) in [6.07, 6.45) is 1.72. The Morgan fingerprint density at radius 3 is 2.44 bits per heavy atom. The molecule has 138 valence electrons. The third-order valence-electron chi connectivity index (χ3n) is 4.27. The smallest absolute Gasteiger partial charge is 0.306 e. The van der Waals surface area contributed by atoms with Crippen LogP contribution in [-0.4, -0.2) is 78.1 Å². The third-order valence-corrected chi connectivity index (χ3v) is 4.27. The number of esters is 1. The molecule has 0 atom stereocenters. The molecule has 0 aliphatic carbocycles. The number of carbonyl (C=O) groups is 2. The monoisotopic (exact) mass is 350 g/mol. The summed E-state index contributed by atoms with van der Waals surface area (Å²) in [5, 5.41) is 18.4. The maximum atomic E-state index is 11.8. The fourth-order valence-electron chi connectivity index (χ4n) is 2.91. The Balaban J connectivity index is 1.63. The van der Waals surface area contributed by atoms with Crippen molar-refractivity contribution in [2.24, 2.45) is 0 Å². The topological polar surface area (TPSA) is 90.3 Å². The standard InChI is InChI=1S/C18H26N2O5/c21-9-8-20-6-4-19(5-7-20)3-1-2-18(24)25-14-16-10-15(13-22)11-17(23)12-16/h10-13,21,23H,1-9,14H2. The van der Waals surface area contributed by atoms with Gasteiger partial charge in [-0.2, -0.15) is 0 Å². The summed E-state index contributed by atoms with van der Waals surface area (Å²) >= 11 is 0. The van der Waals surface area contributed by atoms with Crippen LogP contribution in [0.25, 0.3) is 0 Å². The Hall–Kier alpha value is -1.96. The molecule has 1 aromatic rings. The highest BCUT2D eigenvalue weighted by atomic mass is 16.5. The molecule has 0 unspecified atom stereocenters. The van der Waals surface area contributed by atoms with Crippen molar-refractivity contribution in [3.05, 3.63) is 29.3 Å². The lowest BCUT2D eigenvalue weighted by Crippen LogP contribution is -2.47. The molecule has 2 N–H and O–H groups in total. The lowest BCUT2D eigenvalue weighted by Gasteiger charge is -2.34. The Kier molecular flexibility index (Phi) is 7.84. The maximum absolute atomic E-state index is 11.8. The van der Waals surface area contributed by atoms with Crippen molar-refractivity contribution < 1.29 is 24.5 Å². The van der Waals surface area contributed by atoms with Gasteiger partial charge in [0.1, 0.15) is 18.6 Å². The predicted octanol–water partition coefficient (Wildman–Crippen LogP) is 0.638. The first-order valence-corrected chi connectivity index (χ1v) is 8.60. The summed E-state index contributed by atoms with van der Waals surface area (Å²) in [6.45, 7) is 5.61.